The third-order valence-corrected chi connectivity index (χ3v) is 3.12. The summed E-state index contributed by atoms with van der Waals surface area (Å²) in [4.78, 5) is 2.67. The van der Waals surface area contributed by atoms with E-state index in [4.69, 9.17) is 15.4 Å². The van der Waals surface area contributed by atoms with Crippen molar-refractivity contribution >= 4 is 19.7 Å². The van der Waals surface area contributed by atoms with Crippen LogP contribution in [0.3, 0.4) is 0 Å². The SMILES string of the molecule is COc1cc(C)nc(C(F)F)c1S(=O)(=O)Cl. The molecule has 0 saturated heterocycles. The Labute approximate surface area is 95.6 Å². The van der Waals surface area contributed by atoms with Crippen LogP contribution in [0.4, 0.5) is 8.78 Å². The van der Waals surface area contributed by atoms with Crippen LogP contribution in [0, 0.1) is 6.92 Å². The molecule has 1 heterocycles. The molecule has 0 spiro atoms. The number of aromatic nitrogens is 1. The zero-order valence-corrected chi connectivity index (χ0v) is 9.94. The van der Waals surface area contributed by atoms with E-state index in [0.29, 0.717) is 0 Å². The smallest absolute Gasteiger partial charge is 0.281 e. The Morgan fingerprint density at radius 3 is 2.44 bits per heavy atom. The Morgan fingerprint density at radius 1 is 1.50 bits per heavy atom. The Bertz CT molecular complexity index is 504. The summed E-state index contributed by atoms with van der Waals surface area (Å²) >= 11 is 0. The Hall–Kier alpha value is -0.950. The molecule has 1 aromatic heterocycles. The fraction of sp³-hybridized carbons (Fsp3) is 0.375. The maximum Gasteiger partial charge on any atom is 0.281 e. The number of aryl methyl sites for hydroxylation is 1. The lowest BCUT2D eigenvalue weighted by Crippen LogP contribution is -2.06. The monoisotopic (exact) mass is 271 g/mol. The molecule has 0 aliphatic carbocycles. The molecule has 0 atom stereocenters. The summed E-state index contributed by atoms with van der Waals surface area (Å²) in [5.74, 6) is -0.238. The first kappa shape index (κ1) is 13.1. The third-order valence-electron chi connectivity index (χ3n) is 1.76. The number of halogens is 3. The maximum absolute atomic E-state index is 12.6. The summed E-state index contributed by atoms with van der Waals surface area (Å²) < 4.78 is 52.3. The predicted molar refractivity (Wildman–Crippen MR) is 53.5 cm³/mol. The van der Waals surface area contributed by atoms with E-state index in [1.54, 1.807) is 0 Å². The van der Waals surface area contributed by atoms with E-state index >= 15 is 0 Å². The first-order chi connectivity index (χ1) is 7.27. The van der Waals surface area contributed by atoms with E-state index in [1.807, 2.05) is 0 Å². The van der Waals surface area contributed by atoms with Crippen LogP contribution >= 0.6 is 10.7 Å². The van der Waals surface area contributed by atoms with E-state index in [9.17, 15) is 17.2 Å². The molecule has 0 radical (unpaired) electrons. The highest BCUT2D eigenvalue weighted by Gasteiger charge is 2.28. The Kier molecular flexibility index (Phi) is 3.69. The second-order valence-electron chi connectivity index (χ2n) is 2.92. The van der Waals surface area contributed by atoms with Crippen molar-refractivity contribution < 1.29 is 21.9 Å². The van der Waals surface area contributed by atoms with Crippen molar-refractivity contribution in [2.24, 2.45) is 0 Å². The van der Waals surface area contributed by atoms with Crippen molar-refractivity contribution in [1.29, 1.82) is 0 Å². The highest BCUT2D eigenvalue weighted by atomic mass is 35.7. The second kappa shape index (κ2) is 4.50. The molecule has 0 N–H and O–H groups in total. The average Bonchev–Trinajstić information content (AvgIpc) is 2.14. The van der Waals surface area contributed by atoms with Crippen LogP contribution in [0.15, 0.2) is 11.0 Å². The van der Waals surface area contributed by atoms with Crippen LogP contribution in [0.5, 0.6) is 5.75 Å². The van der Waals surface area contributed by atoms with Crippen molar-refractivity contribution in [3.8, 4) is 5.75 Å². The highest BCUT2D eigenvalue weighted by molar-refractivity contribution is 8.13. The molecule has 0 aliphatic rings. The summed E-state index contributed by atoms with van der Waals surface area (Å²) in [6, 6.07) is 1.22. The molecule has 4 nitrogen and oxygen atoms in total. The number of hydrogen-bond donors (Lipinski definition) is 0. The number of alkyl halides is 2. The first-order valence-electron chi connectivity index (χ1n) is 4.05. The molecule has 1 aromatic rings. The van der Waals surface area contributed by atoms with Gasteiger partial charge in [0.15, 0.2) is 4.90 Å². The topological polar surface area (TPSA) is 56.3 Å². The van der Waals surface area contributed by atoms with Gasteiger partial charge in [0.2, 0.25) is 0 Å². The van der Waals surface area contributed by atoms with Crippen molar-refractivity contribution in [1.82, 2.24) is 4.98 Å². The van der Waals surface area contributed by atoms with Crippen molar-refractivity contribution in [2.75, 3.05) is 7.11 Å². The summed E-state index contributed by atoms with van der Waals surface area (Å²) in [6.07, 6.45) is -3.04. The molecule has 0 amide bonds. The zero-order valence-electron chi connectivity index (χ0n) is 8.37. The van der Waals surface area contributed by atoms with Gasteiger partial charge in [0.1, 0.15) is 11.4 Å². The number of ether oxygens (including phenoxy) is 1. The number of nitrogens with zero attached hydrogens (tertiary/aromatic N) is 1. The van der Waals surface area contributed by atoms with E-state index < -0.39 is 26.1 Å². The van der Waals surface area contributed by atoms with Crippen molar-refractivity contribution in [2.45, 2.75) is 18.2 Å². The van der Waals surface area contributed by atoms with Crippen molar-refractivity contribution in [3.05, 3.63) is 17.5 Å². The molecule has 8 heteroatoms. The average molecular weight is 272 g/mol. The standard InChI is InChI=1S/C8H8ClF2NO3S/c1-4-3-5(15-2)7(16(9,13)14)6(12-4)8(10)11/h3,8H,1-2H3. The number of pyridine rings is 1. The molecular weight excluding hydrogens is 264 g/mol. The summed E-state index contributed by atoms with van der Waals surface area (Å²) in [6.45, 7) is 1.44. The van der Waals surface area contributed by atoms with Gasteiger partial charge < -0.3 is 4.74 Å². The predicted octanol–water partition coefficient (Wildman–Crippen LogP) is 2.26. The van der Waals surface area contributed by atoms with E-state index in [1.165, 1.54) is 13.0 Å². The van der Waals surface area contributed by atoms with E-state index in [2.05, 4.69) is 4.98 Å². The van der Waals surface area contributed by atoms with E-state index in [0.717, 1.165) is 7.11 Å². The van der Waals surface area contributed by atoms with Crippen molar-refractivity contribution in [3.63, 3.8) is 0 Å². The minimum Gasteiger partial charge on any atom is -0.495 e. The molecule has 0 fully saturated rings. The van der Waals surface area contributed by atoms with Gasteiger partial charge in [0.05, 0.1) is 7.11 Å². The quantitative estimate of drug-likeness (QED) is 0.792. The summed E-state index contributed by atoms with van der Waals surface area (Å²) in [7, 11) is 1.89. The molecule has 0 bridgehead atoms. The van der Waals surface area contributed by atoms with Crippen LogP contribution in [-0.2, 0) is 9.05 Å². The number of methoxy groups -OCH3 is 1. The van der Waals surface area contributed by atoms with Gasteiger partial charge in [-0.25, -0.2) is 17.2 Å². The molecule has 0 saturated carbocycles. The molecule has 1 rings (SSSR count). The van der Waals surface area contributed by atoms with Gasteiger partial charge in [-0.15, -0.1) is 0 Å². The number of rotatable bonds is 3. The van der Waals surface area contributed by atoms with Gasteiger partial charge >= 0.3 is 0 Å². The largest absolute Gasteiger partial charge is 0.495 e. The number of hydrogen-bond acceptors (Lipinski definition) is 4. The van der Waals surface area contributed by atoms with Gasteiger partial charge in [-0.2, -0.15) is 0 Å². The minimum absolute atomic E-state index is 0.219. The highest BCUT2D eigenvalue weighted by Crippen LogP contribution is 2.34. The summed E-state index contributed by atoms with van der Waals surface area (Å²) in [5, 5.41) is 0. The lowest BCUT2D eigenvalue weighted by molar-refractivity contribution is 0.141. The van der Waals surface area contributed by atoms with Crippen LogP contribution in [0.2, 0.25) is 0 Å². The van der Waals surface area contributed by atoms with Crippen LogP contribution in [0.25, 0.3) is 0 Å². The van der Waals surface area contributed by atoms with Gasteiger partial charge in [-0.3, -0.25) is 4.98 Å². The van der Waals surface area contributed by atoms with Crippen LogP contribution < -0.4 is 4.74 Å². The second-order valence-corrected chi connectivity index (χ2v) is 5.42. The lowest BCUT2D eigenvalue weighted by atomic mass is 10.3. The fourth-order valence-electron chi connectivity index (χ4n) is 1.20. The minimum atomic E-state index is -4.33. The normalized spacial score (nSPS) is 11.9. The Balaban J connectivity index is 3.65. The van der Waals surface area contributed by atoms with Gasteiger partial charge in [0.25, 0.3) is 15.5 Å². The molecule has 0 unspecified atom stereocenters. The molecule has 90 valence electrons. The fourth-order valence-corrected chi connectivity index (χ4v) is 2.43. The molecule has 0 aromatic carbocycles. The maximum atomic E-state index is 12.6. The Morgan fingerprint density at radius 2 is 2.06 bits per heavy atom. The first-order valence-corrected chi connectivity index (χ1v) is 6.36. The lowest BCUT2D eigenvalue weighted by Gasteiger charge is -2.11. The summed E-state index contributed by atoms with van der Waals surface area (Å²) in [5.41, 5.74) is -0.678. The van der Waals surface area contributed by atoms with Crippen LogP contribution in [-0.4, -0.2) is 20.5 Å². The van der Waals surface area contributed by atoms with Crippen LogP contribution in [0.1, 0.15) is 17.8 Å². The van der Waals surface area contributed by atoms with E-state index in [-0.39, 0.29) is 11.4 Å². The van der Waals surface area contributed by atoms with Gasteiger partial charge in [0, 0.05) is 22.4 Å². The molecule has 0 aliphatic heterocycles. The van der Waals surface area contributed by atoms with Gasteiger partial charge in [-0.05, 0) is 6.92 Å². The zero-order chi connectivity index (χ0) is 12.5. The third kappa shape index (κ3) is 2.59. The molecular formula is C8H8ClF2NO3S. The molecule has 16 heavy (non-hydrogen) atoms. The van der Waals surface area contributed by atoms with Gasteiger partial charge in [-0.1, -0.05) is 0 Å².